The number of rotatable bonds is 7. The van der Waals surface area contributed by atoms with Crippen LogP contribution in [0.1, 0.15) is 42.5 Å². The van der Waals surface area contributed by atoms with Crippen LogP contribution in [0.3, 0.4) is 0 Å². The number of likely N-dealkylation sites (tertiary alicyclic amines) is 1. The van der Waals surface area contributed by atoms with E-state index in [0.717, 1.165) is 0 Å². The molecule has 0 saturated carbocycles. The summed E-state index contributed by atoms with van der Waals surface area (Å²) < 4.78 is 73.3. The number of anilines is 1. The number of nitroso groups, excluding NO2 is 1. The lowest BCUT2D eigenvalue weighted by Gasteiger charge is -2.32. The molecule has 2 aromatic carbocycles. The van der Waals surface area contributed by atoms with Crippen molar-refractivity contribution in [3.05, 3.63) is 70.5 Å². The number of alkyl halides is 3. The van der Waals surface area contributed by atoms with E-state index in [-0.39, 0.29) is 36.2 Å². The maximum Gasteiger partial charge on any atom is 0.396 e. The third-order valence-electron chi connectivity index (χ3n) is 8.04. The van der Waals surface area contributed by atoms with Crippen LogP contribution in [0.2, 0.25) is 0 Å². The first kappa shape index (κ1) is 29.5. The first-order chi connectivity index (χ1) is 21.1. The fraction of sp³-hybridized carbons (Fsp3) is 0.414. The summed E-state index contributed by atoms with van der Waals surface area (Å²) >= 11 is 0. The van der Waals surface area contributed by atoms with Crippen molar-refractivity contribution in [2.24, 2.45) is 5.18 Å². The van der Waals surface area contributed by atoms with Gasteiger partial charge in [0.15, 0.2) is 5.82 Å². The zero-order valence-corrected chi connectivity index (χ0v) is 23.2. The van der Waals surface area contributed by atoms with E-state index in [1.165, 1.54) is 35.5 Å². The highest BCUT2D eigenvalue weighted by atomic mass is 19.4. The Labute approximate surface area is 247 Å². The maximum absolute atomic E-state index is 15.2. The Hall–Kier alpha value is -4.56. The van der Waals surface area contributed by atoms with Crippen molar-refractivity contribution >= 4 is 22.6 Å². The molecule has 0 aliphatic carbocycles. The minimum atomic E-state index is -4.44. The molecule has 0 unspecified atom stereocenters. The Morgan fingerprint density at radius 2 is 1.84 bits per heavy atom. The smallest absolute Gasteiger partial charge is 0.356 e. The largest absolute Gasteiger partial charge is 0.396 e. The highest BCUT2D eigenvalue weighted by Crippen LogP contribution is 2.36. The van der Waals surface area contributed by atoms with Gasteiger partial charge in [0.2, 0.25) is 11.8 Å². The van der Waals surface area contributed by atoms with E-state index in [4.69, 9.17) is 4.52 Å². The van der Waals surface area contributed by atoms with Crippen molar-refractivity contribution in [2.45, 2.75) is 50.2 Å². The zero-order chi connectivity index (χ0) is 31.0. The van der Waals surface area contributed by atoms with Gasteiger partial charge in [0.05, 0.1) is 11.9 Å². The first-order valence-corrected chi connectivity index (χ1v) is 14.1. The SMILES string of the molecule is O=N[C@H]1CCN(C(=O)Cc2ccc(-c3cc(F)cc4c(N5CCC(c6nc(CC(F)(F)F)no6)CC5)ncnc34)cc2F)C1. The van der Waals surface area contributed by atoms with E-state index in [2.05, 4.69) is 25.3 Å². The van der Waals surface area contributed by atoms with E-state index >= 15 is 4.39 Å². The molecule has 0 radical (unpaired) electrons. The van der Waals surface area contributed by atoms with E-state index in [9.17, 15) is 27.3 Å². The van der Waals surface area contributed by atoms with Gasteiger partial charge in [-0.2, -0.15) is 23.1 Å². The highest BCUT2D eigenvalue weighted by molar-refractivity contribution is 5.99. The van der Waals surface area contributed by atoms with Crippen LogP contribution < -0.4 is 4.90 Å². The van der Waals surface area contributed by atoms with Crippen molar-refractivity contribution in [3.8, 4) is 11.1 Å². The first-order valence-electron chi connectivity index (χ1n) is 14.1. The number of benzene rings is 2. The second-order valence-corrected chi connectivity index (χ2v) is 11.0. The third-order valence-corrected chi connectivity index (χ3v) is 8.04. The summed E-state index contributed by atoms with van der Waals surface area (Å²) in [4.78, 5) is 39.5. The number of fused-ring (bicyclic) bond motifs is 1. The van der Waals surface area contributed by atoms with E-state index in [1.54, 1.807) is 6.07 Å². The topological polar surface area (TPSA) is 118 Å². The summed E-state index contributed by atoms with van der Waals surface area (Å²) in [5.41, 5.74) is 1.29. The third kappa shape index (κ3) is 6.21. The van der Waals surface area contributed by atoms with E-state index < -0.39 is 36.1 Å². The monoisotopic (exact) mass is 615 g/mol. The molecule has 2 aliphatic rings. The van der Waals surface area contributed by atoms with Gasteiger partial charge in [0.1, 0.15) is 36.2 Å². The number of hydrogen-bond donors (Lipinski definition) is 0. The average molecular weight is 616 g/mol. The molecular formula is C29H26F5N7O3. The lowest BCUT2D eigenvalue weighted by molar-refractivity contribution is -0.130. The van der Waals surface area contributed by atoms with Gasteiger partial charge in [0, 0.05) is 43.0 Å². The minimum Gasteiger partial charge on any atom is -0.356 e. The second kappa shape index (κ2) is 11.8. The highest BCUT2D eigenvalue weighted by Gasteiger charge is 2.33. The Balaban J connectivity index is 1.20. The fourth-order valence-corrected chi connectivity index (χ4v) is 5.80. The van der Waals surface area contributed by atoms with Crippen LogP contribution in [0, 0.1) is 16.5 Å². The van der Waals surface area contributed by atoms with Gasteiger partial charge in [-0.25, -0.2) is 18.7 Å². The van der Waals surface area contributed by atoms with Crippen molar-refractivity contribution in [2.75, 3.05) is 31.1 Å². The van der Waals surface area contributed by atoms with Crippen LogP contribution in [-0.2, 0) is 17.6 Å². The summed E-state index contributed by atoms with van der Waals surface area (Å²) in [6.07, 6.45) is -3.07. The number of amides is 1. The molecule has 1 amide bonds. The Kier molecular flexibility index (Phi) is 7.95. The van der Waals surface area contributed by atoms with Crippen molar-refractivity contribution in [1.82, 2.24) is 25.0 Å². The van der Waals surface area contributed by atoms with E-state index in [1.807, 2.05) is 4.90 Å². The van der Waals surface area contributed by atoms with Crippen molar-refractivity contribution < 1.29 is 31.3 Å². The second-order valence-electron chi connectivity index (χ2n) is 11.0. The van der Waals surface area contributed by atoms with Gasteiger partial charge >= 0.3 is 6.18 Å². The van der Waals surface area contributed by atoms with Gasteiger partial charge in [-0.05, 0) is 48.6 Å². The molecule has 230 valence electrons. The van der Waals surface area contributed by atoms with Crippen LogP contribution in [0.4, 0.5) is 27.8 Å². The van der Waals surface area contributed by atoms with Crippen molar-refractivity contribution in [1.29, 1.82) is 0 Å². The quantitative estimate of drug-likeness (QED) is 0.202. The lowest BCUT2D eigenvalue weighted by Crippen LogP contribution is -2.33. The minimum absolute atomic E-state index is 0.152. The molecule has 2 fully saturated rings. The summed E-state index contributed by atoms with van der Waals surface area (Å²) in [6, 6.07) is 6.44. The molecule has 4 aromatic rings. The molecule has 0 spiro atoms. The predicted molar refractivity (Wildman–Crippen MR) is 148 cm³/mol. The maximum atomic E-state index is 15.2. The standard InChI is InChI=1S/C29H26F5N7O3/c30-19-11-21(17-1-2-18(23(31)9-17)10-25(42)41-8-5-20(14-41)38-43)26-22(12-19)27(36-15-35-26)40-6-3-16(4-7-40)28-37-24(39-44-28)13-29(32,33)34/h1-2,9,11-12,15-16,20H,3-8,10,13-14H2/t20-/m0/s1. The molecule has 10 nitrogen and oxygen atoms in total. The number of halogens is 5. The number of carbonyl (C=O) groups is 1. The fourth-order valence-electron chi connectivity index (χ4n) is 5.80. The average Bonchev–Trinajstić information content (AvgIpc) is 3.67. The van der Waals surface area contributed by atoms with Gasteiger partial charge < -0.3 is 14.3 Å². The van der Waals surface area contributed by atoms with Gasteiger partial charge in [0.25, 0.3) is 0 Å². The number of hydrogen-bond acceptors (Lipinski definition) is 9. The predicted octanol–water partition coefficient (Wildman–Crippen LogP) is 5.36. The Morgan fingerprint density at radius 3 is 2.55 bits per heavy atom. The van der Waals surface area contributed by atoms with Crippen LogP contribution >= 0.6 is 0 Å². The molecule has 2 aromatic heterocycles. The molecule has 2 saturated heterocycles. The van der Waals surface area contributed by atoms with Crippen molar-refractivity contribution in [3.63, 3.8) is 0 Å². The zero-order valence-electron chi connectivity index (χ0n) is 23.2. The van der Waals surface area contributed by atoms with Crippen LogP contribution in [0.15, 0.2) is 46.4 Å². The molecule has 15 heteroatoms. The molecule has 0 bridgehead atoms. The number of carbonyl (C=O) groups excluding carboxylic acids is 1. The molecule has 6 rings (SSSR count). The molecule has 1 atom stereocenters. The molecule has 44 heavy (non-hydrogen) atoms. The summed E-state index contributed by atoms with van der Waals surface area (Å²) in [5.74, 6) is -1.54. The summed E-state index contributed by atoms with van der Waals surface area (Å²) in [6.45, 7) is 1.50. The Bertz CT molecular complexity index is 1700. The number of piperidine rings is 1. The van der Waals surface area contributed by atoms with Crippen LogP contribution in [-0.4, -0.2) is 69.3 Å². The Morgan fingerprint density at radius 1 is 1.05 bits per heavy atom. The lowest BCUT2D eigenvalue weighted by atomic mass is 9.96. The number of aromatic nitrogens is 4. The van der Waals surface area contributed by atoms with Crippen LogP contribution in [0.5, 0.6) is 0 Å². The number of nitrogens with zero attached hydrogens (tertiary/aromatic N) is 7. The van der Waals surface area contributed by atoms with Gasteiger partial charge in [-0.1, -0.05) is 22.5 Å². The van der Waals surface area contributed by atoms with Gasteiger partial charge in [-0.3, -0.25) is 4.79 Å². The molecular weight excluding hydrogens is 589 g/mol. The normalized spacial score (nSPS) is 17.9. The molecule has 4 heterocycles. The van der Waals surface area contributed by atoms with Gasteiger partial charge in [-0.15, -0.1) is 0 Å². The van der Waals surface area contributed by atoms with Crippen LogP contribution in [0.25, 0.3) is 22.0 Å². The summed E-state index contributed by atoms with van der Waals surface area (Å²) in [7, 11) is 0. The molecule has 0 N–H and O–H groups in total. The molecule has 2 aliphatic heterocycles. The summed E-state index contributed by atoms with van der Waals surface area (Å²) in [5, 5.41) is 6.85. The van der Waals surface area contributed by atoms with E-state index in [0.29, 0.717) is 66.7 Å².